The number of benzene rings is 2. The van der Waals surface area contributed by atoms with Gasteiger partial charge in [-0.1, -0.05) is 24.3 Å². The molecule has 0 saturated carbocycles. The van der Waals surface area contributed by atoms with E-state index in [2.05, 4.69) is 39.4 Å². The number of morpholine rings is 1. The van der Waals surface area contributed by atoms with Gasteiger partial charge in [0.25, 0.3) is 5.91 Å². The van der Waals surface area contributed by atoms with Crippen LogP contribution < -0.4 is 10.2 Å². The Morgan fingerprint density at radius 1 is 1.03 bits per heavy atom. The zero-order valence-electron chi connectivity index (χ0n) is 17.3. The normalized spacial score (nSPS) is 19.6. The summed E-state index contributed by atoms with van der Waals surface area (Å²) in [6.07, 6.45) is 0.792. The fourth-order valence-electron chi connectivity index (χ4n) is 4.03. The first-order valence-electron chi connectivity index (χ1n) is 10.4. The summed E-state index contributed by atoms with van der Waals surface area (Å²) in [6.45, 7) is 5.27. The van der Waals surface area contributed by atoms with Crippen LogP contribution in [-0.2, 0) is 4.74 Å². The summed E-state index contributed by atoms with van der Waals surface area (Å²) >= 11 is 0. The van der Waals surface area contributed by atoms with Crippen molar-refractivity contribution >= 4 is 17.3 Å². The van der Waals surface area contributed by atoms with Gasteiger partial charge in [0.2, 0.25) is 0 Å². The fraction of sp³-hybridized carbons (Fsp3) is 0.435. The van der Waals surface area contributed by atoms with E-state index in [4.69, 9.17) is 4.74 Å². The first-order chi connectivity index (χ1) is 14.1. The van der Waals surface area contributed by atoms with E-state index in [1.165, 1.54) is 0 Å². The highest BCUT2D eigenvalue weighted by atomic mass is 16.5. The smallest absolute Gasteiger partial charge is 0.257 e. The topological polar surface area (TPSA) is 48.1 Å². The van der Waals surface area contributed by atoms with E-state index in [1.807, 2.05) is 43.3 Å². The van der Waals surface area contributed by atoms with Crippen LogP contribution in [0.4, 0.5) is 11.4 Å². The number of fused-ring (bicyclic) bond motifs is 1. The second-order valence-electron chi connectivity index (χ2n) is 7.88. The zero-order chi connectivity index (χ0) is 20.2. The highest BCUT2D eigenvalue weighted by Gasteiger charge is 2.32. The number of carbonyl (C=O) groups is 1. The van der Waals surface area contributed by atoms with E-state index >= 15 is 0 Å². The summed E-state index contributed by atoms with van der Waals surface area (Å²) in [5, 5.41) is 3.59. The summed E-state index contributed by atoms with van der Waals surface area (Å²) < 4.78 is 5.43. The molecule has 4 rings (SSSR count). The molecule has 0 radical (unpaired) electrons. The van der Waals surface area contributed by atoms with Crippen molar-refractivity contribution in [2.75, 3.05) is 63.7 Å². The Kier molecular flexibility index (Phi) is 6.02. The molecule has 2 aliphatic heterocycles. The molecule has 0 bridgehead atoms. The van der Waals surface area contributed by atoms with Crippen LogP contribution in [0, 0.1) is 0 Å². The minimum absolute atomic E-state index is 0.100. The van der Waals surface area contributed by atoms with Gasteiger partial charge >= 0.3 is 0 Å². The van der Waals surface area contributed by atoms with Crippen molar-refractivity contribution in [3.05, 3.63) is 59.7 Å². The molecule has 1 amide bonds. The molecule has 1 saturated heterocycles. The summed E-state index contributed by atoms with van der Waals surface area (Å²) in [5.41, 5.74) is 3.91. The number of ether oxygens (including phenoxy) is 1. The van der Waals surface area contributed by atoms with E-state index in [9.17, 15) is 4.79 Å². The summed E-state index contributed by atoms with van der Waals surface area (Å²) in [5.74, 6) is 0.100. The van der Waals surface area contributed by atoms with Crippen LogP contribution in [0.1, 0.15) is 28.5 Å². The second kappa shape index (κ2) is 8.84. The number of anilines is 2. The molecule has 0 unspecified atom stereocenters. The van der Waals surface area contributed by atoms with Crippen LogP contribution >= 0.6 is 0 Å². The lowest BCUT2D eigenvalue weighted by Crippen LogP contribution is -2.44. The lowest BCUT2D eigenvalue weighted by molar-refractivity contribution is 0.0348. The molecule has 6 nitrogen and oxygen atoms in total. The molecule has 6 heteroatoms. The molecule has 1 atom stereocenters. The van der Waals surface area contributed by atoms with Gasteiger partial charge in [0.1, 0.15) is 6.17 Å². The molecule has 1 fully saturated rings. The maximum atomic E-state index is 13.3. The van der Waals surface area contributed by atoms with Gasteiger partial charge in [0, 0.05) is 51.6 Å². The van der Waals surface area contributed by atoms with Crippen LogP contribution in [0.5, 0.6) is 0 Å². The van der Waals surface area contributed by atoms with E-state index in [0.717, 1.165) is 68.3 Å². The predicted molar refractivity (Wildman–Crippen MR) is 116 cm³/mol. The monoisotopic (exact) mass is 394 g/mol. The average molecular weight is 395 g/mol. The van der Waals surface area contributed by atoms with Crippen molar-refractivity contribution in [2.45, 2.75) is 12.6 Å². The van der Waals surface area contributed by atoms with Crippen LogP contribution in [0.2, 0.25) is 0 Å². The molecule has 0 aliphatic carbocycles. The van der Waals surface area contributed by atoms with Crippen molar-refractivity contribution in [1.29, 1.82) is 0 Å². The maximum Gasteiger partial charge on any atom is 0.257 e. The number of hydrogen-bond acceptors (Lipinski definition) is 5. The molecule has 2 aliphatic rings. The molecule has 154 valence electrons. The highest BCUT2D eigenvalue weighted by Crippen LogP contribution is 2.33. The quantitative estimate of drug-likeness (QED) is 0.816. The predicted octanol–water partition coefficient (Wildman–Crippen LogP) is 3.04. The lowest BCUT2D eigenvalue weighted by atomic mass is 10.0. The van der Waals surface area contributed by atoms with Gasteiger partial charge in [0.15, 0.2) is 0 Å². The van der Waals surface area contributed by atoms with E-state index in [-0.39, 0.29) is 12.1 Å². The minimum atomic E-state index is -0.154. The molecule has 1 N–H and O–H groups in total. The van der Waals surface area contributed by atoms with Gasteiger partial charge in [-0.2, -0.15) is 0 Å². The van der Waals surface area contributed by atoms with E-state index < -0.39 is 0 Å². The highest BCUT2D eigenvalue weighted by molar-refractivity contribution is 6.01. The maximum absolute atomic E-state index is 13.3. The zero-order valence-corrected chi connectivity index (χ0v) is 17.3. The Bertz CT molecular complexity index is 831. The van der Waals surface area contributed by atoms with Crippen LogP contribution in [0.25, 0.3) is 0 Å². The van der Waals surface area contributed by atoms with Crippen molar-refractivity contribution in [1.82, 2.24) is 9.80 Å². The number of para-hydroxylation sites is 1. The van der Waals surface area contributed by atoms with Gasteiger partial charge in [-0.15, -0.1) is 0 Å². The van der Waals surface area contributed by atoms with E-state index in [1.54, 1.807) is 0 Å². The number of nitrogens with one attached hydrogen (secondary N) is 1. The summed E-state index contributed by atoms with van der Waals surface area (Å²) in [6, 6.07) is 16.2. The van der Waals surface area contributed by atoms with Gasteiger partial charge in [-0.25, -0.2) is 0 Å². The Labute approximate surface area is 173 Å². The Morgan fingerprint density at radius 2 is 1.76 bits per heavy atom. The van der Waals surface area contributed by atoms with Crippen molar-refractivity contribution < 1.29 is 9.53 Å². The Morgan fingerprint density at radius 3 is 2.48 bits per heavy atom. The average Bonchev–Trinajstić information content (AvgIpc) is 2.76. The third-order valence-corrected chi connectivity index (χ3v) is 5.72. The standard InChI is InChI=1S/C23H30N4O2/c1-25(2)19-10-8-18(9-11-19)22-24-21-7-4-3-6-20(21)23(28)27(22)13-5-12-26-14-16-29-17-15-26/h3-4,6-11,22,24H,5,12-17H2,1-2H3/t22-/m0/s1. The summed E-state index contributed by atoms with van der Waals surface area (Å²) in [4.78, 5) is 19.8. The van der Waals surface area contributed by atoms with Crippen molar-refractivity contribution in [2.24, 2.45) is 0 Å². The Balaban J connectivity index is 1.53. The van der Waals surface area contributed by atoms with Crippen molar-refractivity contribution in [3.8, 4) is 0 Å². The molecule has 2 heterocycles. The molecule has 2 aromatic carbocycles. The van der Waals surface area contributed by atoms with Crippen LogP contribution in [0.3, 0.4) is 0 Å². The third kappa shape index (κ3) is 4.38. The van der Waals surface area contributed by atoms with Gasteiger partial charge in [-0.3, -0.25) is 9.69 Å². The molecule has 29 heavy (non-hydrogen) atoms. The number of hydrogen-bond donors (Lipinski definition) is 1. The number of rotatable bonds is 6. The first-order valence-corrected chi connectivity index (χ1v) is 10.4. The third-order valence-electron chi connectivity index (χ3n) is 5.72. The van der Waals surface area contributed by atoms with Crippen molar-refractivity contribution in [3.63, 3.8) is 0 Å². The molecule has 2 aromatic rings. The SMILES string of the molecule is CN(C)c1ccc([C@H]2Nc3ccccc3C(=O)N2CCCN2CCOCC2)cc1. The summed E-state index contributed by atoms with van der Waals surface area (Å²) in [7, 11) is 4.07. The van der Waals surface area contributed by atoms with Gasteiger partial charge < -0.3 is 19.9 Å². The van der Waals surface area contributed by atoms with Gasteiger partial charge in [-0.05, 0) is 36.2 Å². The molecular weight excluding hydrogens is 364 g/mol. The lowest BCUT2D eigenvalue weighted by Gasteiger charge is -2.39. The second-order valence-corrected chi connectivity index (χ2v) is 7.88. The molecular formula is C23H30N4O2. The number of amides is 1. The van der Waals surface area contributed by atoms with Crippen LogP contribution in [-0.4, -0.2) is 69.2 Å². The van der Waals surface area contributed by atoms with Crippen LogP contribution in [0.15, 0.2) is 48.5 Å². The minimum Gasteiger partial charge on any atom is -0.379 e. The largest absolute Gasteiger partial charge is 0.379 e. The molecule has 0 aromatic heterocycles. The Hall–Kier alpha value is -2.57. The first kappa shape index (κ1) is 19.7. The van der Waals surface area contributed by atoms with E-state index in [0.29, 0.717) is 0 Å². The molecule has 0 spiro atoms. The fourth-order valence-corrected chi connectivity index (χ4v) is 4.03. The van der Waals surface area contributed by atoms with Gasteiger partial charge in [0.05, 0.1) is 18.8 Å². The number of nitrogens with zero attached hydrogens (tertiary/aromatic N) is 3. The number of carbonyl (C=O) groups excluding carboxylic acids is 1.